The van der Waals surface area contributed by atoms with Gasteiger partial charge in [0, 0.05) is 13.0 Å². The molecule has 19 heavy (non-hydrogen) atoms. The summed E-state index contributed by atoms with van der Waals surface area (Å²) in [7, 11) is 0. The summed E-state index contributed by atoms with van der Waals surface area (Å²) >= 11 is 5.07. The van der Waals surface area contributed by atoms with Gasteiger partial charge in [0.1, 0.15) is 5.69 Å². The lowest BCUT2D eigenvalue weighted by atomic mass is 10.1. The fourth-order valence-corrected chi connectivity index (χ4v) is 3.46. The van der Waals surface area contributed by atoms with Crippen LogP contribution in [0.4, 0.5) is 5.82 Å². The molecule has 0 aliphatic carbocycles. The molecule has 1 saturated heterocycles. The molecule has 2 aromatic rings. The second-order valence-corrected chi connectivity index (χ2v) is 6.91. The molecule has 0 N–H and O–H groups in total. The third-order valence-electron chi connectivity index (χ3n) is 3.05. The average Bonchev–Trinajstić information content (AvgIpc) is 2.86. The van der Waals surface area contributed by atoms with E-state index in [9.17, 15) is 4.79 Å². The van der Waals surface area contributed by atoms with E-state index in [4.69, 9.17) is 0 Å². The number of Topliss-reactive ketones (excluding diaryl/α,β-unsaturated/α-hetero) is 1. The van der Waals surface area contributed by atoms with Gasteiger partial charge in [-0.25, -0.2) is 0 Å². The summed E-state index contributed by atoms with van der Waals surface area (Å²) < 4.78 is 1.08. The molecule has 3 heterocycles. The minimum Gasteiger partial charge on any atom is -0.348 e. The Morgan fingerprint density at radius 2 is 2.11 bits per heavy atom. The highest BCUT2D eigenvalue weighted by Crippen LogP contribution is 2.30. The summed E-state index contributed by atoms with van der Waals surface area (Å²) in [6.07, 6.45) is 1.59. The van der Waals surface area contributed by atoms with Gasteiger partial charge in [0.15, 0.2) is 11.6 Å². The number of thiophene rings is 1. The maximum Gasteiger partial charge on any atom is 0.152 e. The van der Waals surface area contributed by atoms with Gasteiger partial charge in [-0.1, -0.05) is 0 Å². The van der Waals surface area contributed by atoms with Crippen molar-refractivity contribution in [2.24, 2.45) is 0 Å². The lowest BCUT2D eigenvalue weighted by Crippen LogP contribution is -2.36. The number of carbonyl (C=O) groups excluding carboxylic acids is 1. The van der Waals surface area contributed by atoms with Crippen LogP contribution in [-0.2, 0) is 4.79 Å². The first-order chi connectivity index (χ1) is 9.22. The van der Waals surface area contributed by atoms with E-state index < -0.39 is 0 Å². The molecule has 0 spiro atoms. The quantitative estimate of drug-likeness (QED) is 0.844. The lowest BCUT2D eigenvalue weighted by molar-refractivity contribution is -0.118. The highest BCUT2D eigenvalue weighted by molar-refractivity contribution is 9.11. The van der Waals surface area contributed by atoms with Crippen LogP contribution in [0.25, 0.3) is 10.6 Å². The van der Waals surface area contributed by atoms with E-state index >= 15 is 0 Å². The van der Waals surface area contributed by atoms with Crippen molar-refractivity contribution in [1.29, 1.82) is 0 Å². The normalized spacial score (nSPS) is 15.8. The van der Waals surface area contributed by atoms with E-state index in [-0.39, 0.29) is 5.78 Å². The molecule has 0 aromatic carbocycles. The molecule has 0 unspecified atom stereocenters. The zero-order chi connectivity index (χ0) is 13.2. The molecule has 1 aliphatic heterocycles. The summed E-state index contributed by atoms with van der Waals surface area (Å²) in [5.74, 6) is 1.06. The summed E-state index contributed by atoms with van der Waals surface area (Å²) in [5.41, 5.74) is 0.864. The van der Waals surface area contributed by atoms with E-state index in [0.717, 1.165) is 33.1 Å². The van der Waals surface area contributed by atoms with Crippen LogP contribution < -0.4 is 4.90 Å². The topological polar surface area (TPSA) is 46.1 Å². The molecule has 0 atom stereocenters. The maximum absolute atomic E-state index is 11.4. The molecule has 1 aliphatic rings. The Bertz CT molecular complexity index is 596. The van der Waals surface area contributed by atoms with Crippen LogP contribution >= 0.6 is 27.3 Å². The molecule has 1 fully saturated rings. The van der Waals surface area contributed by atoms with Crippen LogP contribution in [0.1, 0.15) is 12.8 Å². The van der Waals surface area contributed by atoms with Crippen LogP contribution in [-0.4, -0.2) is 29.1 Å². The number of hydrogen-bond donors (Lipinski definition) is 0. The lowest BCUT2D eigenvalue weighted by Gasteiger charge is -2.26. The van der Waals surface area contributed by atoms with Crippen LogP contribution in [0.3, 0.4) is 0 Å². The van der Waals surface area contributed by atoms with Gasteiger partial charge >= 0.3 is 0 Å². The van der Waals surface area contributed by atoms with Crippen molar-refractivity contribution in [2.75, 3.05) is 18.0 Å². The molecule has 6 heteroatoms. The number of piperidine rings is 1. The molecule has 2 aromatic heterocycles. The van der Waals surface area contributed by atoms with Gasteiger partial charge in [0.05, 0.1) is 15.2 Å². The average molecular weight is 338 g/mol. The molecule has 0 amide bonds. The molecule has 98 valence electrons. The highest BCUT2D eigenvalue weighted by Gasteiger charge is 2.18. The zero-order valence-electron chi connectivity index (χ0n) is 10.2. The van der Waals surface area contributed by atoms with Crippen LogP contribution in [0.15, 0.2) is 28.1 Å². The number of carbonyl (C=O) groups is 1. The minimum absolute atomic E-state index is 0.277. The maximum atomic E-state index is 11.4. The monoisotopic (exact) mass is 337 g/mol. The predicted octanol–water partition coefficient (Wildman–Crippen LogP) is 3.14. The second kappa shape index (κ2) is 5.38. The fraction of sp³-hybridized carbons (Fsp3) is 0.308. The number of anilines is 1. The van der Waals surface area contributed by atoms with E-state index in [1.165, 1.54) is 0 Å². The smallest absolute Gasteiger partial charge is 0.152 e. The Morgan fingerprint density at radius 1 is 1.21 bits per heavy atom. The molecule has 0 radical (unpaired) electrons. The second-order valence-electron chi connectivity index (χ2n) is 4.44. The fourth-order valence-electron chi connectivity index (χ4n) is 2.11. The summed E-state index contributed by atoms with van der Waals surface area (Å²) in [6, 6.07) is 7.91. The first-order valence-electron chi connectivity index (χ1n) is 6.08. The SMILES string of the molecule is O=C1CCCN(c2ccc(-c3ccc(Br)s3)nn2)C1. The number of aromatic nitrogens is 2. The van der Waals surface area contributed by atoms with Gasteiger partial charge in [0.2, 0.25) is 0 Å². The standard InChI is InChI=1S/C13H12BrN3OS/c14-12-5-4-11(19-12)10-3-6-13(16-15-10)17-7-1-2-9(18)8-17/h3-6H,1-2,7-8H2. The zero-order valence-corrected chi connectivity index (χ0v) is 12.6. The number of nitrogens with zero attached hydrogens (tertiary/aromatic N) is 3. The number of ketones is 1. The van der Waals surface area contributed by atoms with E-state index in [0.29, 0.717) is 13.0 Å². The molecule has 3 rings (SSSR count). The van der Waals surface area contributed by atoms with E-state index in [1.54, 1.807) is 11.3 Å². The minimum atomic E-state index is 0.277. The predicted molar refractivity (Wildman–Crippen MR) is 79.5 cm³/mol. The van der Waals surface area contributed by atoms with Crippen molar-refractivity contribution >= 4 is 38.9 Å². The first kappa shape index (κ1) is 12.7. The number of halogens is 1. The van der Waals surface area contributed by atoms with Gasteiger partial charge in [-0.15, -0.1) is 21.5 Å². The van der Waals surface area contributed by atoms with E-state index in [2.05, 4.69) is 26.1 Å². The molecule has 0 bridgehead atoms. The summed E-state index contributed by atoms with van der Waals surface area (Å²) in [6.45, 7) is 1.34. The number of hydrogen-bond acceptors (Lipinski definition) is 5. The molecule has 0 saturated carbocycles. The Labute approximate surface area is 123 Å². The summed E-state index contributed by atoms with van der Waals surface area (Å²) in [4.78, 5) is 14.5. The van der Waals surface area contributed by atoms with Crippen LogP contribution in [0.5, 0.6) is 0 Å². The van der Waals surface area contributed by atoms with Gasteiger partial charge in [-0.3, -0.25) is 4.79 Å². The Morgan fingerprint density at radius 3 is 2.74 bits per heavy atom. The van der Waals surface area contributed by atoms with Crippen LogP contribution in [0, 0.1) is 0 Å². The highest BCUT2D eigenvalue weighted by atomic mass is 79.9. The first-order valence-corrected chi connectivity index (χ1v) is 7.69. The Kier molecular flexibility index (Phi) is 3.61. The van der Waals surface area contributed by atoms with Crippen molar-refractivity contribution in [1.82, 2.24) is 10.2 Å². The molecule has 4 nitrogen and oxygen atoms in total. The van der Waals surface area contributed by atoms with Crippen molar-refractivity contribution in [3.63, 3.8) is 0 Å². The van der Waals surface area contributed by atoms with Gasteiger partial charge in [0.25, 0.3) is 0 Å². The van der Waals surface area contributed by atoms with Crippen molar-refractivity contribution < 1.29 is 4.79 Å². The van der Waals surface area contributed by atoms with Gasteiger partial charge < -0.3 is 4.90 Å². The third-order valence-corrected chi connectivity index (χ3v) is 4.70. The molecular formula is C13H12BrN3OS. The van der Waals surface area contributed by atoms with Crippen LogP contribution in [0.2, 0.25) is 0 Å². The van der Waals surface area contributed by atoms with E-state index in [1.807, 2.05) is 29.2 Å². The molecular weight excluding hydrogens is 326 g/mol. The largest absolute Gasteiger partial charge is 0.348 e. The van der Waals surface area contributed by atoms with Crippen molar-refractivity contribution in [3.05, 3.63) is 28.1 Å². The number of rotatable bonds is 2. The van der Waals surface area contributed by atoms with Crippen molar-refractivity contribution in [3.8, 4) is 10.6 Å². The Hall–Kier alpha value is -1.27. The van der Waals surface area contributed by atoms with Crippen molar-refractivity contribution in [2.45, 2.75) is 12.8 Å². The van der Waals surface area contributed by atoms with Gasteiger partial charge in [-0.05, 0) is 46.6 Å². The third kappa shape index (κ3) is 2.84. The summed E-state index contributed by atoms with van der Waals surface area (Å²) in [5, 5.41) is 8.49. The Balaban J connectivity index is 1.80. The van der Waals surface area contributed by atoms with Gasteiger partial charge in [-0.2, -0.15) is 0 Å².